The number of benzene rings is 2. The Kier molecular flexibility index (Phi) is 5.12. The number of primary amides is 1. The third-order valence-corrected chi connectivity index (χ3v) is 4.43. The Morgan fingerprint density at radius 1 is 1.04 bits per heavy atom. The summed E-state index contributed by atoms with van der Waals surface area (Å²) >= 11 is 0. The third-order valence-electron chi connectivity index (χ3n) is 4.43. The van der Waals surface area contributed by atoms with Gasteiger partial charge in [0.15, 0.2) is 5.78 Å². The predicted molar refractivity (Wildman–Crippen MR) is 100 cm³/mol. The second-order valence-corrected chi connectivity index (χ2v) is 7.48. The summed E-state index contributed by atoms with van der Waals surface area (Å²) in [6, 6.07) is 11.6. The van der Waals surface area contributed by atoms with Crippen LogP contribution in [0.1, 0.15) is 44.4 Å². The minimum absolute atomic E-state index is 0.0400. The maximum absolute atomic E-state index is 12.5. The summed E-state index contributed by atoms with van der Waals surface area (Å²) in [5, 5.41) is 9.84. The zero-order valence-electron chi connectivity index (χ0n) is 15.8. The first-order valence-electron chi connectivity index (χ1n) is 8.39. The van der Waals surface area contributed by atoms with E-state index in [1.165, 1.54) is 19.1 Å². The predicted octanol–water partition coefficient (Wildman–Crippen LogP) is 3.35. The summed E-state index contributed by atoms with van der Waals surface area (Å²) in [6.07, 6.45) is 0. The second-order valence-electron chi connectivity index (χ2n) is 7.48. The van der Waals surface area contributed by atoms with E-state index in [4.69, 9.17) is 10.5 Å². The number of phenols is 1. The molecule has 138 valence electrons. The summed E-state index contributed by atoms with van der Waals surface area (Å²) in [5.41, 5.74) is 5.49. The molecule has 0 heterocycles. The van der Waals surface area contributed by atoms with Gasteiger partial charge in [0.1, 0.15) is 11.5 Å². The quantitative estimate of drug-likeness (QED) is 0.805. The van der Waals surface area contributed by atoms with E-state index in [1.54, 1.807) is 25.1 Å². The molecule has 0 aliphatic carbocycles. The van der Waals surface area contributed by atoms with Gasteiger partial charge in [-0.25, -0.2) is 0 Å². The zero-order chi connectivity index (χ0) is 19.7. The van der Waals surface area contributed by atoms with Crippen LogP contribution in [0.15, 0.2) is 42.5 Å². The molecule has 0 bridgehead atoms. The number of hydrogen-bond acceptors (Lipinski definition) is 4. The number of ether oxygens (including phenoxy) is 1. The van der Waals surface area contributed by atoms with Crippen LogP contribution in [0.2, 0.25) is 0 Å². The Balaban J connectivity index is 2.58. The van der Waals surface area contributed by atoms with E-state index in [1.807, 2.05) is 12.1 Å². The average molecular weight is 355 g/mol. The molecule has 0 aliphatic rings. The topological polar surface area (TPSA) is 89.6 Å². The van der Waals surface area contributed by atoms with Gasteiger partial charge in [0.2, 0.25) is 0 Å². The van der Waals surface area contributed by atoms with E-state index in [0.717, 1.165) is 5.56 Å². The lowest BCUT2D eigenvalue weighted by atomic mass is 9.85. The van der Waals surface area contributed by atoms with Crippen LogP contribution in [0.25, 0.3) is 0 Å². The molecule has 5 nitrogen and oxygen atoms in total. The number of nitrogens with two attached hydrogens (primary N) is 1. The van der Waals surface area contributed by atoms with Crippen LogP contribution in [0.3, 0.4) is 0 Å². The molecule has 0 saturated carbocycles. The standard InChI is InChI=1S/C21H25NO4/c1-13-6-9-16(24)12-18(13)21(14(2)23,19(22)25)26-17-10-7-15(8-11-17)20(3,4)5/h6-12,24H,1-5H3,(H2,22,25). The monoisotopic (exact) mass is 355 g/mol. The van der Waals surface area contributed by atoms with E-state index in [2.05, 4.69) is 20.8 Å². The van der Waals surface area contributed by atoms with Crippen LogP contribution in [-0.4, -0.2) is 16.8 Å². The molecular formula is C21H25NO4. The Hall–Kier alpha value is -2.82. The number of ketones is 1. The van der Waals surface area contributed by atoms with Gasteiger partial charge in [-0.3, -0.25) is 9.59 Å². The summed E-state index contributed by atoms with van der Waals surface area (Å²) in [7, 11) is 0. The Morgan fingerprint density at radius 2 is 1.62 bits per heavy atom. The fraction of sp³-hybridized carbons (Fsp3) is 0.333. The maximum atomic E-state index is 12.5. The highest BCUT2D eigenvalue weighted by Crippen LogP contribution is 2.34. The lowest BCUT2D eigenvalue weighted by molar-refractivity contribution is -0.146. The number of carbonyl (C=O) groups is 2. The van der Waals surface area contributed by atoms with Gasteiger partial charge in [-0.05, 0) is 54.7 Å². The second kappa shape index (κ2) is 6.83. The SMILES string of the molecule is CC(=O)C(Oc1ccc(C(C)(C)C)cc1)(C(N)=O)c1cc(O)ccc1C. The minimum Gasteiger partial charge on any atom is -0.508 e. The number of hydrogen-bond donors (Lipinski definition) is 2. The molecule has 0 aromatic heterocycles. The van der Waals surface area contributed by atoms with Gasteiger partial charge >= 0.3 is 0 Å². The molecule has 1 amide bonds. The van der Waals surface area contributed by atoms with Gasteiger partial charge in [-0.15, -0.1) is 0 Å². The molecule has 2 aromatic rings. The van der Waals surface area contributed by atoms with E-state index in [9.17, 15) is 14.7 Å². The molecule has 2 rings (SSSR count). The first kappa shape index (κ1) is 19.5. The summed E-state index contributed by atoms with van der Waals surface area (Å²) in [5.74, 6) is -1.23. The Morgan fingerprint density at radius 3 is 2.08 bits per heavy atom. The van der Waals surface area contributed by atoms with Crippen molar-refractivity contribution < 1.29 is 19.4 Å². The lowest BCUT2D eigenvalue weighted by Gasteiger charge is -2.31. The molecule has 0 aliphatic heterocycles. The maximum Gasteiger partial charge on any atom is 0.274 e. The van der Waals surface area contributed by atoms with Crippen LogP contribution in [-0.2, 0) is 20.6 Å². The Labute approximate surface area is 153 Å². The fourth-order valence-electron chi connectivity index (χ4n) is 2.86. The molecule has 0 fully saturated rings. The molecule has 5 heteroatoms. The molecule has 26 heavy (non-hydrogen) atoms. The number of amides is 1. The van der Waals surface area contributed by atoms with Crippen molar-refractivity contribution in [3.8, 4) is 11.5 Å². The fourth-order valence-corrected chi connectivity index (χ4v) is 2.86. The number of rotatable bonds is 5. The van der Waals surface area contributed by atoms with E-state index < -0.39 is 17.3 Å². The molecule has 1 atom stereocenters. The van der Waals surface area contributed by atoms with Gasteiger partial charge in [0.25, 0.3) is 11.5 Å². The van der Waals surface area contributed by atoms with Crippen LogP contribution < -0.4 is 10.5 Å². The summed E-state index contributed by atoms with van der Waals surface area (Å²) in [6.45, 7) is 9.23. The van der Waals surface area contributed by atoms with Crippen molar-refractivity contribution in [3.63, 3.8) is 0 Å². The molecule has 0 radical (unpaired) electrons. The van der Waals surface area contributed by atoms with Crippen LogP contribution >= 0.6 is 0 Å². The summed E-state index contributed by atoms with van der Waals surface area (Å²) < 4.78 is 5.88. The molecule has 1 unspecified atom stereocenters. The molecule has 3 N–H and O–H groups in total. The highest BCUT2D eigenvalue weighted by molar-refractivity contribution is 6.09. The Bertz CT molecular complexity index is 818. The van der Waals surface area contributed by atoms with Crippen molar-refractivity contribution in [1.82, 2.24) is 0 Å². The first-order valence-corrected chi connectivity index (χ1v) is 8.39. The van der Waals surface area contributed by atoms with Gasteiger partial charge in [-0.1, -0.05) is 39.0 Å². The molecule has 0 saturated heterocycles. The van der Waals surface area contributed by atoms with Crippen molar-refractivity contribution in [1.29, 1.82) is 0 Å². The number of aryl methyl sites for hydroxylation is 1. The van der Waals surface area contributed by atoms with Crippen molar-refractivity contribution in [2.75, 3.05) is 0 Å². The van der Waals surface area contributed by atoms with Crippen LogP contribution in [0.5, 0.6) is 11.5 Å². The van der Waals surface area contributed by atoms with Gasteiger partial charge in [0, 0.05) is 5.56 Å². The third kappa shape index (κ3) is 3.57. The van der Waals surface area contributed by atoms with Crippen LogP contribution in [0, 0.1) is 6.92 Å². The highest BCUT2D eigenvalue weighted by atomic mass is 16.5. The van der Waals surface area contributed by atoms with Crippen molar-refractivity contribution in [2.45, 2.75) is 45.6 Å². The van der Waals surface area contributed by atoms with Crippen LogP contribution in [0.4, 0.5) is 0 Å². The number of Topliss-reactive ketones (excluding diaryl/α,β-unsaturated/α-hetero) is 1. The zero-order valence-corrected chi connectivity index (χ0v) is 15.8. The van der Waals surface area contributed by atoms with E-state index >= 15 is 0 Å². The average Bonchev–Trinajstić information content (AvgIpc) is 2.54. The largest absolute Gasteiger partial charge is 0.508 e. The van der Waals surface area contributed by atoms with Gasteiger partial charge in [-0.2, -0.15) is 0 Å². The van der Waals surface area contributed by atoms with E-state index in [-0.39, 0.29) is 16.7 Å². The first-order chi connectivity index (χ1) is 12.0. The smallest absolute Gasteiger partial charge is 0.274 e. The lowest BCUT2D eigenvalue weighted by Crippen LogP contribution is -2.52. The number of carbonyl (C=O) groups excluding carboxylic acids is 2. The van der Waals surface area contributed by atoms with Crippen molar-refractivity contribution >= 4 is 11.7 Å². The minimum atomic E-state index is -2.01. The van der Waals surface area contributed by atoms with E-state index in [0.29, 0.717) is 11.3 Å². The van der Waals surface area contributed by atoms with Crippen molar-refractivity contribution in [2.24, 2.45) is 5.73 Å². The molecular weight excluding hydrogens is 330 g/mol. The summed E-state index contributed by atoms with van der Waals surface area (Å²) in [4.78, 5) is 24.8. The van der Waals surface area contributed by atoms with Crippen molar-refractivity contribution in [3.05, 3.63) is 59.2 Å². The number of aromatic hydroxyl groups is 1. The normalized spacial score (nSPS) is 13.7. The van der Waals surface area contributed by atoms with Gasteiger partial charge in [0.05, 0.1) is 0 Å². The number of phenolic OH excluding ortho intramolecular Hbond substituents is 1. The molecule has 2 aromatic carbocycles. The molecule has 0 spiro atoms. The highest BCUT2D eigenvalue weighted by Gasteiger charge is 2.47. The van der Waals surface area contributed by atoms with Gasteiger partial charge < -0.3 is 15.6 Å².